The number of nitrogens with zero attached hydrogens (tertiary/aromatic N) is 1. The zero-order chi connectivity index (χ0) is 13.1. The fourth-order valence-electron chi connectivity index (χ4n) is 1.89. The summed E-state index contributed by atoms with van der Waals surface area (Å²) in [5.74, 6) is 1.30. The van der Waals surface area contributed by atoms with E-state index in [2.05, 4.69) is 18.8 Å². The molecule has 96 valence electrons. The van der Waals surface area contributed by atoms with Crippen LogP contribution in [-0.4, -0.2) is 17.1 Å². The van der Waals surface area contributed by atoms with Gasteiger partial charge in [-0.2, -0.15) is 0 Å². The number of hydrogen-bond acceptors (Lipinski definition) is 3. The average Bonchev–Trinajstić information content (AvgIpc) is 2.14. The van der Waals surface area contributed by atoms with Crippen molar-refractivity contribution in [3.8, 4) is 5.75 Å². The number of rotatable bonds is 5. The van der Waals surface area contributed by atoms with Crippen molar-refractivity contribution in [3.05, 3.63) is 23.0 Å². The van der Waals surface area contributed by atoms with E-state index in [0.29, 0.717) is 17.7 Å². The Kier molecular flexibility index (Phi) is 4.78. The molecule has 1 aromatic heterocycles. The van der Waals surface area contributed by atoms with Crippen LogP contribution in [0.25, 0.3) is 0 Å². The van der Waals surface area contributed by atoms with Crippen molar-refractivity contribution < 1.29 is 4.74 Å². The molecule has 1 aromatic rings. The van der Waals surface area contributed by atoms with Crippen LogP contribution in [0.1, 0.15) is 32.8 Å². The average molecular weight is 257 g/mol. The summed E-state index contributed by atoms with van der Waals surface area (Å²) in [5.41, 5.74) is 6.83. The molecule has 1 rings (SSSR count). The zero-order valence-electron chi connectivity index (χ0n) is 11.0. The van der Waals surface area contributed by atoms with E-state index in [9.17, 15) is 0 Å². The number of ether oxygens (including phenoxy) is 1. The number of halogens is 1. The molecule has 1 heterocycles. The normalized spacial score (nSPS) is 14.8. The molecule has 0 radical (unpaired) electrons. The molecule has 0 aliphatic rings. The van der Waals surface area contributed by atoms with Crippen molar-refractivity contribution in [2.45, 2.75) is 39.7 Å². The Morgan fingerprint density at radius 3 is 2.71 bits per heavy atom. The van der Waals surface area contributed by atoms with Crippen LogP contribution in [0, 0.1) is 12.8 Å². The Labute approximate surface area is 108 Å². The lowest BCUT2D eigenvalue weighted by molar-refractivity contribution is 0.205. The van der Waals surface area contributed by atoms with E-state index in [1.807, 2.05) is 13.8 Å². The molecule has 0 aromatic carbocycles. The number of hydrogen-bond donors (Lipinski definition) is 1. The lowest BCUT2D eigenvalue weighted by Crippen LogP contribution is -2.43. The van der Waals surface area contributed by atoms with E-state index in [-0.39, 0.29) is 5.54 Å². The van der Waals surface area contributed by atoms with Gasteiger partial charge >= 0.3 is 0 Å². The Balaban J connectivity index is 2.61. The van der Waals surface area contributed by atoms with Crippen molar-refractivity contribution in [2.75, 3.05) is 6.61 Å². The maximum absolute atomic E-state index is 6.17. The van der Waals surface area contributed by atoms with Gasteiger partial charge in [-0.05, 0) is 37.8 Å². The minimum Gasteiger partial charge on any atom is -0.490 e. The van der Waals surface area contributed by atoms with E-state index in [1.165, 1.54) is 0 Å². The first-order valence-electron chi connectivity index (χ1n) is 5.84. The SMILES string of the molecule is Cc1cc(Cl)ncc1OC[C@@](C)(N)CC(C)C. The topological polar surface area (TPSA) is 48.1 Å². The molecule has 0 bridgehead atoms. The summed E-state index contributed by atoms with van der Waals surface area (Å²) in [4.78, 5) is 4.00. The van der Waals surface area contributed by atoms with Crippen molar-refractivity contribution >= 4 is 11.6 Å². The Hall–Kier alpha value is -0.800. The third-order valence-electron chi connectivity index (χ3n) is 2.46. The van der Waals surface area contributed by atoms with Crippen LogP contribution in [0.2, 0.25) is 5.15 Å². The molecule has 0 amide bonds. The van der Waals surface area contributed by atoms with Gasteiger partial charge in [0.15, 0.2) is 0 Å². The summed E-state index contributed by atoms with van der Waals surface area (Å²) in [6.07, 6.45) is 2.57. The molecule has 0 aliphatic carbocycles. The molecule has 3 nitrogen and oxygen atoms in total. The quantitative estimate of drug-likeness (QED) is 0.823. The van der Waals surface area contributed by atoms with E-state index in [1.54, 1.807) is 12.3 Å². The fraction of sp³-hybridized carbons (Fsp3) is 0.615. The second-order valence-corrected chi connectivity index (χ2v) is 5.70. The minimum absolute atomic E-state index is 0.319. The maximum atomic E-state index is 6.17. The summed E-state index contributed by atoms with van der Waals surface area (Å²) in [6.45, 7) is 8.74. The predicted octanol–water partition coefficient (Wildman–Crippen LogP) is 3.19. The largest absolute Gasteiger partial charge is 0.490 e. The van der Waals surface area contributed by atoms with E-state index >= 15 is 0 Å². The summed E-state index contributed by atoms with van der Waals surface area (Å²) in [5, 5.41) is 0.479. The lowest BCUT2D eigenvalue weighted by Gasteiger charge is -2.26. The minimum atomic E-state index is -0.319. The van der Waals surface area contributed by atoms with Gasteiger partial charge in [-0.25, -0.2) is 4.98 Å². The molecular weight excluding hydrogens is 236 g/mol. The van der Waals surface area contributed by atoms with Crippen LogP contribution in [0.3, 0.4) is 0 Å². The lowest BCUT2D eigenvalue weighted by atomic mass is 9.93. The van der Waals surface area contributed by atoms with Crippen LogP contribution in [-0.2, 0) is 0 Å². The van der Waals surface area contributed by atoms with Gasteiger partial charge in [-0.15, -0.1) is 0 Å². The second-order valence-electron chi connectivity index (χ2n) is 5.31. The Morgan fingerprint density at radius 1 is 1.53 bits per heavy atom. The third kappa shape index (κ3) is 4.92. The number of aryl methyl sites for hydroxylation is 1. The molecular formula is C13H21ClN2O. The zero-order valence-corrected chi connectivity index (χ0v) is 11.7. The van der Waals surface area contributed by atoms with Crippen molar-refractivity contribution in [3.63, 3.8) is 0 Å². The monoisotopic (exact) mass is 256 g/mol. The van der Waals surface area contributed by atoms with Gasteiger partial charge in [0.05, 0.1) is 6.20 Å². The summed E-state index contributed by atoms with van der Waals surface area (Å²) in [7, 11) is 0. The van der Waals surface area contributed by atoms with Gasteiger partial charge in [0.2, 0.25) is 0 Å². The first kappa shape index (κ1) is 14.3. The first-order valence-corrected chi connectivity index (χ1v) is 6.22. The van der Waals surface area contributed by atoms with Gasteiger partial charge in [0.25, 0.3) is 0 Å². The maximum Gasteiger partial charge on any atom is 0.140 e. The molecule has 1 atom stereocenters. The summed E-state index contributed by atoms with van der Waals surface area (Å²) in [6, 6.07) is 1.78. The van der Waals surface area contributed by atoms with Crippen LogP contribution >= 0.6 is 11.6 Å². The molecule has 2 N–H and O–H groups in total. The predicted molar refractivity (Wildman–Crippen MR) is 71.5 cm³/mol. The number of nitrogens with two attached hydrogens (primary N) is 1. The Bertz CT molecular complexity index is 378. The van der Waals surface area contributed by atoms with Crippen LogP contribution in [0.15, 0.2) is 12.3 Å². The van der Waals surface area contributed by atoms with Gasteiger partial charge < -0.3 is 10.5 Å². The number of aromatic nitrogens is 1. The molecule has 0 saturated carbocycles. The van der Waals surface area contributed by atoms with Crippen LogP contribution < -0.4 is 10.5 Å². The molecule has 0 fully saturated rings. The van der Waals surface area contributed by atoms with Crippen molar-refractivity contribution in [1.82, 2.24) is 4.98 Å². The highest BCUT2D eigenvalue weighted by molar-refractivity contribution is 6.29. The van der Waals surface area contributed by atoms with E-state index in [0.717, 1.165) is 17.7 Å². The fourth-order valence-corrected chi connectivity index (χ4v) is 2.11. The standard InChI is InChI=1S/C13H21ClN2O/c1-9(2)6-13(4,15)8-17-11-7-16-12(14)5-10(11)3/h5,7,9H,6,8,15H2,1-4H3/t13-/m0/s1. The molecule has 17 heavy (non-hydrogen) atoms. The van der Waals surface area contributed by atoms with Gasteiger partial charge in [0.1, 0.15) is 17.5 Å². The van der Waals surface area contributed by atoms with Gasteiger partial charge in [0, 0.05) is 5.54 Å². The molecule has 0 spiro atoms. The highest BCUT2D eigenvalue weighted by Crippen LogP contribution is 2.21. The first-order chi connectivity index (χ1) is 7.80. The van der Waals surface area contributed by atoms with E-state index < -0.39 is 0 Å². The van der Waals surface area contributed by atoms with Crippen LogP contribution in [0.5, 0.6) is 5.75 Å². The summed E-state index contributed by atoms with van der Waals surface area (Å²) >= 11 is 5.78. The smallest absolute Gasteiger partial charge is 0.140 e. The molecule has 4 heteroatoms. The highest BCUT2D eigenvalue weighted by atomic mass is 35.5. The summed E-state index contributed by atoms with van der Waals surface area (Å²) < 4.78 is 5.71. The molecule has 0 saturated heterocycles. The van der Waals surface area contributed by atoms with Gasteiger partial charge in [-0.1, -0.05) is 25.4 Å². The highest BCUT2D eigenvalue weighted by Gasteiger charge is 2.21. The Morgan fingerprint density at radius 2 is 2.18 bits per heavy atom. The van der Waals surface area contributed by atoms with Crippen molar-refractivity contribution in [1.29, 1.82) is 0 Å². The van der Waals surface area contributed by atoms with E-state index in [4.69, 9.17) is 22.1 Å². The van der Waals surface area contributed by atoms with Crippen LogP contribution in [0.4, 0.5) is 0 Å². The third-order valence-corrected chi connectivity index (χ3v) is 2.67. The molecule has 0 unspecified atom stereocenters. The second kappa shape index (κ2) is 5.69. The van der Waals surface area contributed by atoms with Crippen molar-refractivity contribution in [2.24, 2.45) is 11.7 Å². The molecule has 0 aliphatic heterocycles. The number of pyridine rings is 1. The van der Waals surface area contributed by atoms with Gasteiger partial charge in [-0.3, -0.25) is 0 Å².